The second kappa shape index (κ2) is 7.56. The van der Waals surface area contributed by atoms with Crippen LogP contribution in [0.25, 0.3) is 0 Å². The molecule has 1 atom stereocenters. The third-order valence-corrected chi connectivity index (χ3v) is 3.45. The van der Waals surface area contributed by atoms with Crippen LogP contribution in [-0.4, -0.2) is 22.7 Å². The molecule has 0 aliphatic heterocycles. The van der Waals surface area contributed by atoms with Gasteiger partial charge in [0, 0.05) is 11.8 Å². The van der Waals surface area contributed by atoms with Gasteiger partial charge in [0.05, 0.1) is 18.2 Å². The number of nitrogens with zero attached hydrogens (tertiary/aromatic N) is 1. The highest BCUT2D eigenvalue weighted by atomic mass is 19.1. The zero-order valence-electron chi connectivity index (χ0n) is 12.5. The van der Waals surface area contributed by atoms with Crippen molar-refractivity contribution in [3.63, 3.8) is 0 Å². The summed E-state index contributed by atoms with van der Waals surface area (Å²) in [6.07, 6.45) is 1.86. The van der Waals surface area contributed by atoms with Gasteiger partial charge in [-0.2, -0.15) is 0 Å². The molecule has 2 rings (SSSR count). The molecule has 0 fully saturated rings. The van der Waals surface area contributed by atoms with Crippen molar-refractivity contribution in [2.75, 3.05) is 11.5 Å². The fourth-order valence-corrected chi connectivity index (χ4v) is 2.25. The lowest BCUT2D eigenvalue weighted by Gasteiger charge is -2.26. The van der Waals surface area contributed by atoms with Gasteiger partial charge in [-0.25, -0.2) is 4.39 Å². The number of allylic oxidation sites excluding steroid dienone is 1. The van der Waals surface area contributed by atoms with E-state index in [1.54, 1.807) is 36.4 Å². The Labute approximate surface area is 134 Å². The van der Waals surface area contributed by atoms with Crippen molar-refractivity contribution in [2.24, 2.45) is 5.92 Å². The molecule has 23 heavy (non-hydrogen) atoms. The first kappa shape index (κ1) is 16.7. The minimum Gasteiger partial charge on any atom is -0.505 e. The van der Waals surface area contributed by atoms with Gasteiger partial charge in [-0.05, 0) is 30.7 Å². The molecule has 0 spiro atoms. The van der Waals surface area contributed by atoms with Crippen LogP contribution in [0.2, 0.25) is 0 Å². The third-order valence-electron chi connectivity index (χ3n) is 3.45. The fraction of sp³-hybridized carbons (Fsp3) is 0.167. The number of phenolic OH excluding ortho intramolecular Hbond substituents is 1. The number of halogens is 1. The highest BCUT2D eigenvalue weighted by Gasteiger charge is 2.26. The molecule has 0 heterocycles. The summed E-state index contributed by atoms with van der Waals surface area (Å²) < 4.78 is 13.7. The maximum absolute atomic E-state index is 13.7. The molecule has 2 aromatic carbocycles. The van der Waals surface area contributed by atoms with Crippen LogP contribution in [0.1, 0.15) is 6.42 Å². The molecular formula is C18H18FNO3. The van der Waals surface area contributed by atoms with E-state index >= 15 is 0 Å². The van der Waals surface area contributed by atoms with E-state index in [2.05, 4.69) is 6.58 Å². The molecule has 120 valence electrons. The van der Waals surface area contributed by atoms with Crippen LogP contribution in [0.3, 0.4) is 0 Å². The van der Waals surface area contributed by atoms with Crippen molar-refractivity contribution < 1.29 is 19.4 Å². The summed E-state index contributed by atoms with van der Waals surface area (Å²) in [6, 6.07) is 12.5. The largest absolute Gasteiger partial charge is 0.505 e. The Morgan fingerprint density at radius 1 is 1.22 bits per heavy atom. The second-order valence-electron chi connectivity index (χ2n) is 5.05. The SMILES string of the molecule is C=CCC(CO)C(=O)N(c1ccccc1)c1ccc(O)c(F)c1. The summed E-state index contributed by atoms with van der Waals surface area (Å²) in [5.74, 6) is -2.35. The van der Waals surface area contributed by atoms with Crippen molar-refractivity contribution in [1.82, 2.24) is 0 Å². The van der Waals surface area contributed by atoms with Crippen molar-refractivity contribution in [3.05, 3.63) is 67.0 Å². The normalized spacial score (nSPS) is 11.7. The van der Waals surface area contributed by atoms with E-state index < -0.39 is 17.5 Å². The maximum Gasteiger partial charge on any atom is 0.237 e. The molecule has 1 amide bonds. The van der Waals surface area contributed by atoms with Crippen LogP contribution in [0.5, 0.6) is 5.75 Å². The van der Waals surface area contributed by atoms with Gasteiger partial charge in [-0.15, -0.1) is 6.58 Å². The number of aliphatic hydroxyl groups is 1. The Balaban J connectivity index is 2.49. The van der Waals surface area contributed by atoms with E-state index in [0.29, 0.717) is 12.1 Å². The second-order valence-corrected chi connectivity index (χ2v) is 5.05. The monoisotopic (exact) mass is 315 g/mol. The highest BCUT2D eigenvalue weighted by molar-refractivity contribution is 6.02. The molecule has 2 aromatic rings. The molecule has 1 unspecified atom stereocenters. The summed E-state index contributed by atoms with van der Waals surface area (Å²) in [5.41, 5.74) is 0.823. The maximum atomic E-state index is 13.7. The summed E-state index contributed by atoms with van der Waals surface area (Å²) >= 11 is 0. The van der Waals surface area contributed by atoms with Crippen LogP contribution in [0.4, 0.5) is 15.8 Å². The number of anilines is 2. The van der Waals surface area contributed by atoms with E-state index in [4.69, 9.17) is 0 Å². The van der Waals surface area contributed by atoms with Crippen LogP contribution in [0.15, 0.2) is 61.2 Å². The Morgan fingerprint density at radius 3 is 2.48 bits per heavy atom. The molecular weight excluding hydrogens is 297 g/mol. The van der Waals surface area contributed by atoms with Crippen molar-refractivity contribution in [2.45, 2.75) is 6.42 Å². The van der Waals surface area contributed by atoms with Crippen LogP contribution in [0, 0.1) is 11.7 Å². The van der Waals surface area contributed by atoms with Gasteiger partial charge in [0.15, 0.2) is 11.6 Å². The number of aliphatic hydroxyl groups excluding tert-OH is 1. The van der Waals surface area contributed by atoms with Gasteiger partial charge in [0.25, 0.3) is 0 Å². The lowest BCUT2D eigenvalue weighted by atomic mass is 10.0. The molecule has 0 radical (unpaired) electrons. The first-order valence-electron chi connectivity index (χ1n) is 7.17. The van der Waals surface area contributed by atoms with Gasteiger partial charge in [-0.3, -0.25) is 9.69 Å². The van der Waals surface area contributed by atoms with Crippen LogP contribution >= 0.6 is 0 Å². The zero-order valence-corrected chi connectivity index (χ0v) is 12.5. The lowest BCUT2D eigenvalue weighted by Crippen LogP contribution is -2.34. The topological polar surface area (TPSA) is 60.8 Å². The fourth-order valence-electron chi connectivity index (χ4n) is 2.25. The van der Waals surface area contributed by atoms with Gasteiger partial charge in [0.2, 0.25) is 5.91 Å². The number of hydrogen-bond donors (Lipinski definition) is 2. The Bertz CT molecular complexity index is 688. The molecule has 0 aromatic heterocycles. The minimum atomic E-state index is -0.819. The Morgan fingerprint density at radius 2 is 1.91 bits per heavy atom. The Kier molecular flexibility index (Phi) is 5.49. The lowest BCUT2D eigenvalue weighted by molar-refractivity contribution is -0.122. The van der Waals surface area contributed by atoms with Crippen molar-refractivity contribution in [1.29, 1.82) is 0 Å². The number of carbonyl (C=O) groups is 1. The number of rotatable bonds is 6. The van der Waals surface area contributed by atoms with Crippen LogP contribution < -0.4 is 4.90 Å². The summed E-state index contributed by atoms with van der Waals surface area (Å²) in [7, 11) is 0. The minimum absolute atomic E-state index is 0.277. The third kappa shape index (κ3) is 3.76. The molecule has 0 aliphatic rings. The smallest absolute Gasteiger partial charge is 0.237 e. The predicted octanol–water partition coefficient (Wildman–Crippen LogP) is 3.38. The summed E-state index contributed by atoms with van der Waals surface area (Å²) in [6.45, 7) is 3.25. The average Bonchev–Trinajstić information content (AvgIpc) is 2.57. The van der Waals surface area contributed by atoms with Gasteiger partial charge < -0.3 is 10.2 Å². The standard InChI is InChI=1S/C18H18FNO3/c1-2-6-13(12-21)18(23)20(14-7-4-3-5-8-14)15-9-10-17(22)16(19)11-15/h2-5,7-11,13,21-22H,1,6,12H2. The van der Waals surface area contributed by atoms with Gasteiger partial charge in [0.1, 0.15) is 0 Å². The number of aromatic hydroxyl groups is 1. The first-order valence-corrected chi connectivity index (χ1v) is 7.17. The number of amides is 1. The Hall–Kier alpha value is -2.66. The molecule has 0 bridgehead atoms. The number of carbonyl (C=O) groups excluding carboxylic acids is 1. The number of benzene rings is 2. The number of para-hydroxylation sites is 1. The molecule has 0 saturated heterocycles. The van der Waals surface area contributed by atoms with Crippen molar-refractivity contribution in [3.8, 4) is 5.75 Å². The van der Waals surface area contributed by atoms with E-state index in [9.17, 15) is 19.4 Å². The van der Waals surface area contributed by atoms with Crippen LogP contribution in [-0.2, 0) is 4.79 Å². The number of phenols is 1. The van der Waals surface area contributed by atoms with E-state index in [0.717, 1.165) is 6.07 Å². The highest BCUT2D eigenvalue weighted by Crippen LogP contribution is 2.30. The molecule has 2 N–H and O–H groups in total. The quantitative estimate of drug-likeness (QED) is 0.803. The molecule has 5 heteroatoms. The van der Waals surface area contributed by atoms with Gasteiger partial charge in [-0.1, -0.05) is 24.3 Å². The van der Waals surface area contributed by atoms with Crippen molar-refractivity contribution >= 4 is 17.3 Å². The number of hydrogen-bond acceptors (Lipinski definition) is 3. The average molecular weight is 315 g/mol. The van der Waals surface area contributed by atoms with E-state index in [1.165, 1.54) is 17.0 Å². The summed E-state index contributed by atoms with van der Waals surface area (Å²) in [4.78, 5) is 14.1. The first-order chi connectivity index (χ1) is 11.1. The zero-order chi connectivity index (χ0) is 16.8. The predicted molar refractivity (Wildman–Crippen MR) is 87.0 cm³/mol. The molecule has 0 aliphatic carbocycles. The summed E-state index contributed by atoms with van der Waals surface area (Å²) in [5, 5.41) is 18.8. The van der Waals surface area contributed by atoms with Gasteiger partial charge >= 0.3 is 0 Å². The molecule has 4 nitrogen and oxygen atoms in total. The molecule has 0 saturated carbocycles. The van der Waals surface area contributed by atoms with E-state index in [1.807, 2.05) is 0 Å². The van der Waals surface area contributed by atoms with E-state index in [-0.39, 0.29) is 18.2 Å².